The largest absolute Gasteiger partial charge is 0.279 e. The van der Waals surface area contributed by atoms with Crippen molar-refractivity contribution in [3.8, 4) is 5.69 Å². The molecule has 0 radical (unpaired) electrons. The van der Waals surface area contributed by atoms with Gasteiger partial charge in [0.05, 0.1) is 33.4 Å². The number of fused-ring (bicyclic) bond motifs is 4. The highest BCUT2D eigenvalue weighted by Gasteiger charge is 2.18. The molecule has 0 aliphatic rings. The number of carbonyl (C=O) groups is 1. The first-order valence-corrected chi connectivity index (χ1v) is 11.9. The van der Waals surface area contributed by atoms with Crippen LogP contribution < -0.4 is 5.56 Å². The van der Waals surface area contributed by atoms with Gasteiger partial charge in [-0.05, 0) is 36.4 Å². The van der Waals surface area contributed by atoms with Crippen molar-refractivity contribution < 1.29 is 4.79 Å². The molecule has 6 rings (SSSR count). The molecule has 0 atom stereocenters. The molecule has 0 aliphatic carbocycles. The van der Waals surface area contributed by atoms with Gasteiger partial charge in [0.2, 0.25) is 5.91 Å². The fraction of sp³-hybridized carbons (Fsp3) is 0.0357. The lowest BCUT2D eigenvalue weighted by Gasteiger charge is -2.13. The lowest BCUT2D eigenvalue weighted by atomic mass is 10.2. The van der Waals surface area contributed by atoms with Crippen LogP contribution in [0.2, 0.25) is 0 Å². The van der Waals surface area contributed by atoms with E-state index in [0.717, 1.165) is 27.5 Å². The van der Waals surface area contributed by atoms with E-state index in [1.165, 1.54) is 11.8 Å². The lowest BCUT2D eigenvalue weighted by Crippen LogP contribution is -2.22. The molecule has 0 fully saturated rings. The van der Waals surface area contributed by atoms with Crippen LogP contribution in [-0.4, -0.2) is 25.8 Å². The number of rotatable bonds is 4. The first-order valence-electron chi connectivity index (χ1n) is 10.9. The summed E-state index contributed by atoms with van der Waals surface area (Å²) < 4.78 is 3.36. The van der Waals surface area contributed by atoms with Gasteiger partial charge in [0, 0.05) is 10.8 Å². The van der Waals surface area contributed by atoms with Crippen LogP contribution in [0.3, 0.4) is 0 Å². The van der Waals surface area contributed by atoms with E-state index in [0.29, 0.717) is 16.1 Å². The number of thioether (sulfide) groups is 1. The molecule has 34 heavy (non-hydrogen) atoms. The van der Waals surface area contributed by atoms with Gasteiger partial charge >= 0.3 is 0 Å². The minimum atomic E-state index is -0.149. The van der Waals surface area contributed by atoms with E-state index in [1.807, 2.05) is 97.1 Å². The van der Waals surface area contributed by atoms with E-state index in [1.54, 1.807) is 15.2 Å². The van der Waals surface area contributed by atoms with Gasteiger partial charge in [0.15, 0.2) is 5.16 Å². The van der Waals surface area contributed by atoms with Gasteiger partial charge in [-0.1, -0.05) is 78.5 Å². The zero-order valence-electron chi connectivity index (χ0n) is 18.1. The van der Waals surface area contributed by atoms with E-state index in [4.69, 9.17) is 4.98 Å². The summed E-state index contributed by atoms with van der Waals surface area (Å²) in [6.45, 7) is 0. The Kier molecular flexibility index (Phi) is 5.00. The number of hydrogen-bond donors (Lipinski definition) is 0. The molecule has 0 spiro atoms. The van der Waals surface area contributed by atoms with Crippen LogP contribution >= 0.6 is 11.8 Å². The SMILES string of the molecule is O=C(CSc1nc2ccccc2c(=O)n1-c1ccccc1)n1c2ccccc2c2ccccc21. The van der Waals surface area contributed by atoms with Gasteiger partial charge in [0.25, 0.3) is 5.56 Å². The van der Waals surface area contributed by atoms with Crippen molar-refractivity contribution >= 4 is 50.4 Å². The minimum absolute atomic E-state index is 0.0654. The second kappa shape index (κ2) is 8.32. The third-order valence-corrected chi connectivity index (χ3v) is 6.84. The van der Waals surface area contributed by atoms with E-state index < -0.39 is 0 Å². The van der Waals surface area contributed by atoms with Gasteiger partial charge < -0.3 is 0 Å². The Morgan fingerprint density at radius 3 is 1.94 bits per heavy atom. The quantitative estimate of drug-likeness (QED) is 0.241. The van der Waals surface area contributed by atoms with Crippen molar-refractivity contribution in [1.82, 2.24) is 14.1 Å². The van der Waals surface area contributed by atoms with Crippen LogP contribution in [0.1, 0.15) is 4.79 Å². The molecular formula is C28H19N3O2S. The van der Waals surface area contributed by atoms with Crippen LogP contribution in [0, 0.1) is 0 Å². The maximum absolute atomic E-state index is 13.5. The molecule has 164 valence electrons. The molecule has 0 unspecified atom stereocenters. The zero-order chi connectivity index (χ0) is 23.1. The number of para-hydroxylation sites is 4. The van der Waals surface area contributed by atoms with Crippen LogP contribution in [0.5, 0.6) is 0 Å². The second-order valence-corrected chi connectivity index (χ2v) is 8.88. The van der Waals surface area contributed by atoms with Gasteiger partial charge in [-0.2, -0.15) is 0 Å². The monoisotopic (exact) mass is 461 g/mol. The third-order valence-electron chi connectivity index (χ3n) is 5.91. The van der Waals surface area contributed by atoms with Gasteiger partial charge in [-0.25, -0.2) is 4.98 Å². The molecule has 6 heteroatoms. The number of carbonyl (C=O) groups excluding carboxylic acids is 1. The number of aromatic nitrogens is 3. The second-order valence-electron chi connectivity index (χ2n) is 7.94. The highest BCUT2D eigenvalue weighted by molar-refractivity contribution is 7.99. The van der Waals surface area contributed by atoms with Crippen molar-refractivity contribution in [3.05, 3.63) is 113 Å². The molecule has 0 saturated heterocycles. The van der Waals surface area contributed by atoms with E-state index >= 15 is 0 Å². The predicted molar refractivity (Wildman–Crippen MR) is 138 cm³/mol. The predicted octanol–water partition coefficient (Wildman–Crippen LogP) is 5.93. The van der Waals surface area contributed by atoms with Crippen LogP contribution in [0.15, 0.2) is 113 Å². The Bertz CT molecular complexity index is 1700. The van der Waals surface area contributed by atoms with Gasteiger partial charge in [-0.15, -0.1) is 0 Å². The molecule has 0 aliphatic heterocycles. The van der Waals surface area contributed by atoms with Crippen molar-refractivity contribution in [2.24, 2.45) is 0 Å². The third kappa shape index (κ3) is 3.31. The lowest BCUT2D eigenvalue weighted by molar-refractivity contribution is 0.0951. The molecule has 2 aromatic heterocycles. The average molecular weight is 462 g/mol. The summed E-state index contributed by atoms with van der Waals surface area (Å²) >= 11 is 1.28. The molecular weight excluding hydrogens is 442 g/mol. The molecule has 0 N–H and O–H groups in total. The highest BCUT2D eigenvalue weighted by Crippen LogP contribution is 2.30. The fourth-order valence-electron chi connectivity index (χ4n) is 4.40. The molecule has 4 aromatic carbocycles. The van der Waals surface area contributed by atoms with E-state index in [9.17, 15) is 9.59 Å². The van der Waals surface area contributed by atoms with Crippen LogP contribution in [0.25, 0.3) is 38.4 Å². The summed E-state index contributed by atoms with van der Waals surface area (Å²) in [4.78, 5) is 31.7. The maximum atomic E-state index is 13.5. The summed E-state index contributed by atoms with van der Waals surface area (Å²) in [5.41, 5.74) is 2.94. The first-order chi connectivity index (χ1) is 16.7. The Morgan fingerprint density at radius 1 is 0.706 bits per heavy atom. The van der Waals surface area contributed by atoms with Gasteiger partial charge in [-0.3, -0.25) is 18.7 Å². The van der Waals surface area contributed by atoms with Crippen molar-refractivity contribution in [1.29, 1.82) is 0 Å². The normalized spacial score (nSPS) is 11.4. The zero-order valence-corrected chi connectivity index (χ0v) is 18.9. The Balaban J connectivity index is 1.45. The topological polar surface area (TPSA) is 56.9 Å². The van der Waals surface area contributed by atoms with Crippen molar-refractivity contribution in [2.75, 3.05) is 5.75 Å². The Morgan fingerprint density at radius 2 is 1.26 bits per heavy atom. The molecule has 2 heterocycles. The average Bonchev–Trinajstić information content (AvgIpc) is 3.22. The van der Waals surface area contributed by atoms with E-state index in [-0.39, 0.29) is 17.2 Å². The molecule has 5 nitrogen and oxygen atoms in total. The fourth-order valence-corrected chi connectivity index (χ4v) is 5.26. The Labute approximate surface area is 199 Å². The summed E-state index contributed by atoms with van der Waals surface area (Å²) in [7, 11) is 0. The van der Waals surface area contributed by atoms with Crippen LogP contribution in [0.4, 0.5) is 0 Å². The maximum Gasteiger partial charge on any atom is 0.266 e. The standard InChI is InChI=1S/C28H19N3O2S/c32-26(31-24-16-8-5-12-20(24)21-13-6-9-17-25(21)31)18-34-28-29-23-15-7-4-14-22(23)27(33)30(28)19-10-2-1-3-11-19/h1-17H,18H2. The van der Waals surface area contributed by atoms with Crippen LogP contribution in [-0.2, 0) is 0 Å². The summed E-state index contributed by atoms with van der Waals surface area (Å²) in [6.07, 6.45) is 0. The van der Waals surface area contributed by atoms with Crippen molar-refractivity contribution in [2.45, 2.75) is 5.16 Å². The van der Waals surface area contributed by atoms with E-state index in [2.05, 4.69) is 0 Å². The van der Waals surface area contributed by atoms with Gasteiger partial charge in [0.1, 0.15) is 0 Å². The van der Waals surface area contributed by atoms with Crippen molar-refractivity contribution in [3.63, 3.8) is 0 Å². The minimum Gasteiger partial charge on any atom is -0.279 e. The summed E-state index contributed by atoms with van der Waals surface area (Å²) in [6, 6.07) is 32.6. The smallest absolute Gasteiger partial charge is 0.266 e. The molecule has 6 aromatic rings. The summed E-state index contributed by atoms with van der Waals surface area (Å²) in [5.74, 6) is 0.0738. The molecule has 0 amide bonds. The highest BCUT2D eigenvalue weighted by atomic mass is 32.2. The number of benzene rings is 4. The number of hydrogen-bond acceptors (Lipinski definition) is 4. The number of nitrogens with zero attached hydrogens (tertiary/aromatic N) is 3. The Hall–Kier alpha value is -4.16. The molecule has 0 saturated carbocycles. The summed E-state index contributed by atoms with van der Waals surface area (Å²) in [5, 5.41) is 3.12. The first kappa shape index (κ1) is 20.4. The molecule has 0 bridgehead atoms.